The molecule has 17 nitrogen and oxygen atoms in total. The predicted molar refractivity (Wildman–Crippen MR) is 80.4 cm³/mol. The smallest absolute Gasteiger partial charge is 0.756 e. The van der Waals surface area contributed by atoms with Gasteiger partial charge >= 0.3 is 94.4 Å². The summed E-state index contributed by atoms with van der Waals surface area (Å²) in [6.45, 7) is -1.15. The van der Waals surface area contributed by atoms with Gasteiger partial charge in [0.05, 0.1) is 6.61 Å². The number of aliphatic hydroxyl groups excluding tert-OH is 2. The first-order valence-corrected chi connectivity index (χ1v) is 11.6. The third-order valence-electron chi connectivity index (χ3n) is 3.26. The van der Waals surface area contributed by atoms with E-state index in [9.17, 15) is 48.2 Å². The van der Waals surface area contributed by atoms with Gasteiger partial charge in [0.2, 0.25) is 0 Å². The van der Waals surface area contributed by atoms with Crippen LogP contribution in [-0.2, 0) is 31.6 Å². The molecule has 0 radical (unpaired) electrons. The number of nitrogens with zero attached hydrogens (tertiary/aromatic N) is 1. The van der Waals surface area contributed by atoms with Crippen molar-refractivity contribution >= 4 is 23.5 Å². The molecule has 1 aromatic rings. The van der Waals surface area contributed by atoms with Crippen LogP contribution < -0.4 is 115 Å². The molecular formula is C9H12N2Na3O15P3. The van der Waals surface area contributed by atoms with Crippen molar-refractivity contribution in [3.05, 3.63) is 33.1 Å². The second kappa shape index (κ2) is 14.1. The Balaban J connectivity index is 0. The molecule has 3 unspecified atom stereocenters. The number of ether oxygens (including phenoxy) is 1. The number of aromatic amines is 1. The topological polar surface area (TPSA) is 273 Å². The largest absolute Gasteiger partial charge is 1.00 e. The molecule has 1 aromatic heterocycles. The van der Waals surface area contributed by atoms with Crippen LogP contribution in [0.1, 0.15) is 6.23 Å². The molecule has 32 heavy (non-hydrogen) atoms. The number of phosphoric ester groups is 1. The van der Waals surface area contributed by atoms with Crippen molar-refractivity contribution in [2.45, 2.75) is 24.5 Å². The van der Waals surface area contributed by atoms with Crippen LogP contribution in [0.15, 0.2) is 21.9 Å². The van der Waals surface area contributed by atoms with E-state index < -0.39 is 65.9 Å². The maximum atomic E-state index is 11.7. The van der Waals surface area contributed by atoms with Crippen molar-refractivity contribution in [3.63, 3.8) is 0 Å². The van der Waals surface area contributed by atoms with Crippen molar-refractivity contribution in [2.75, 3.05) is 6.61 Å². The number of aliphatic hydroxyl groups is 2. The molecule has 0 bridgehead atoms. The van der Waals surface area contributed by atoms with E-state index in [4.69, 9.17) is 9.63 Å². The van der Waals surface area contributed by atoms with Crippen LogP contribution in [-0.4, -0.2) is 49.6 Å². The molecule has 1 saturated heterocycles. The van der Waals surface area contributed by atoms with Crippen LogP contribution in [0, 0.1) is 0 Å². The molecule has 0 saturated carbocycles. The Morgan fingerprint density at radius 2 is 1.59 bits per heavy atom. The van der Waals surface area contributed by atoms with Crippen molar-refractivity contribution in [1.29, 1.82) is 0 Å². The van der Waals surface area contributed by atoms with Crippen LogP contribution >= 0.6 is 23.5 Å². The molecule has 0 amide bonds. The zero-order valence-corrected chi connectivity index (χ0v) is 25.4. The van der Waals surface area contributed by atoms with Crippen LogP contribution in [0.5, 0.6) is 0 Å². The van der Waals surface area contributed by atoms with E-state index in [1.165, 1.54) is 0 Å². The van der Waals surface area contributed by atoms with Crippen molar-refractivity contribution in [1.82, 2.24) is 9.55 Å². The summed E-state index contributed by atoms with van der Waals surface area (Å²) in [6.07, 6.45) is -5.93. The number of phosphoric acid groups is 3. The molecule has 2 heterocycles. The SMILES string of the molecule is O=c1ccn([C@H]2O[C@@H](COP(=O)([O-])OP(=O)([O-])OP(=O)([O-])O)[C@H](O)[C@@H]2O)c(=O)[nH]1.[Na+].[Na+].[Na+]. The second-order valence-electron chi connectivity index (χ2n) is 5.39. The molecule has 1 aliphatic heterocycles. The van der Waals surface area contributed by atoms with E-state index >= 15 is 0 Å². The van der Waals surface area contributed by atoms with Crippen molar-refractivity contribution in [2.24, 2.45) is 0 Å². The molecule has 0 aromatic carbocycles. The first kappa shape index (κ1) is 36.1. The zero-order chi connectivity index (χ0) is 22.2. The van der Waals surface area contributed by atoms with E-state index in [-0.39, 0.29) is 88.7 Å². The van der Waals surface area contributed by atoms with Gasteiger partial charge in [-0.15, -0.1) is 0 Å². The summed E-state index contributed by atoms with van der Waals surface area (Å²) in [6, 6.07) is 0.898. The van der Waals surface area contributed by atoms with Gasteiger partial charge in [0, 0.05) is 12.3 Å². The summed E-state index contributed by atoms with van der Waals surface area (Å²) in [4.78, 5) is 65.8. The van der Waals surface area contributed by atoms with Gasteiger partial charge in [0.15, 0.2) is 6.23 Å². The number of rotatable bonds is 8. The third-order valence-corrected chi connectivity index (χ3v) is 6.95. The summed E-state index contributed by atoms with van der Waals surface area (Å²) in [5.41, 5.74) is -1.79. The van der Waals surface area contributed by atoms with Crippen LogP contribution in [0.3, 0.4) is 0 Å². The average molecular weight is 550 g/mol. The quantitative estimate of drug-likeness (QED) is 0.173. The summed E-state index contributed by atoms with van der Waals surface area (Å²) in [5, 5.41) is 19.8. The summed E-state index contributed by atoms with van der Waals surface area (Å²) < 4.78 is 49.3. The zero-order valence-electron chi connectivity index (χ0n) is 16.7. The molecule has 1 aliphatic rings. The molecule has 1 fully saturated rings. The Morgan fingerprint density at radius 1 is 1.03 bits per heavy atom. The summed E-state index contributed by atoms with van der Waals surface area (Å²) in [5.74, 6) is 0. The Kier molecular flexibility index (Phi) is 15.9. The minimum absolute atomic E-state index is 0. The molecule has 4 N–H and O–H groups in total. The van der Waals surface area contributed by atoms with Crippen molar-refractivity contribution in [3.8, 4) is 0 Å². The molecule has 2 rings (SSSR count). The molecule has 0 aliphatic carbocycles. The number of hydrogen-bond donors (Lipinski definition) is 4. The molecular weight excluding hydrogens is 538 g/mol. The Hall–Kier alpha value is 1.97. The fraction of sp³-hybridized carbons (Fsp3) is 0.556. The van der Waals surface area contributed by atoms with Crippen molar-refractivity contribution < 1.29 is 150 Å². The van der Waals surface area contributed by atoms with Gasteiger partial charge < -0.3 is 39.0 Å². The maximum Gasteiger partial charge on any atom is 1.00 e. The van der Waals surface area contributed by atoms with Gasteiger partial charge in [0.1, 0.15) is 18.3 Å². The standard InChI is InChI=1S/C9H15N2O15P3.3Na/c12-5-1-2-11(9(15)10-5)8-7(14)6(13)4(24-8)3-23-28(19,20)26-29(21,22)25-27(16,17)18;;;/h1-2,4,6-8,13-14H,3H2,(H,19,20)(H,21,22)(H,10,12,15)(H2,16,17,18);;;/q;3*+1/p-3/t4-,6-,7-,8-;;;/m0.../s1. The van der Waals surface area contributed by atoms with Gasteiger partial charge in [-0.1, -0.05) is 0 Å². The molecule has 23 heteroatoms. The fourth-order valence-corrected chi connectivity index (χ4v) is 5.07. The average Bonchev–Trinajstić information content (AvgIpc) is 2.78. The van der Waals surface area contributed by atoms with Gasteiger partial charge in [-0.05, 0) is 0 Å². The van der Waals surface area contributed by atoms with E-state index in [0.717, 1.165) is 12.3 Å². The summed E-state index contributed by atoms with van der Waals surface area (Å²) >= 11 is 0. The first-order valence-electron chi connectivity index (χ1n) is 7.16. The molecule has 0 spiro atoms. The first-order chi connectivity index (χ1) is 13.1. The van der Waals surface area contributed by atoms with Gasteiger partial charge in [-0.2, -0.15) is 0 Å². The molecule has 166 valence electrons. The van der Waals surface area contributed by atoms with Crippen LogP contribution in [0.2, 0.25) is 0 Å². The number of hydrogen-bond acceptors (Lipinski definition) is 14. The normalized spacial score (nSPS) is 28.1. The minimum atomic E-state index is -6.10. The summed E-state index contributed by atoms with van der Waals surface area (Å²) in [7, 11) is -17.8. The minimum Gasteiger partial charge on any atom is -0.756 e. The Morgan fingerprint density at radius 3 is 2.09 bits per heavy atom. The Bertz CT molecular complexity index is 1010. The fourth-order valence-electron chi connectivity index (χ4n) is 2.18. The maximum absolute atomic E-state index is 11.7. The monoisotopic (exact) mass is 550 g/mol. The van der Waals surface area contributed by atoms with Gasteiger partial charge in [-0.25, -0.2) is 13.4 Å². The van der Waals surface area contributed by atoms with Crippen LogP contribution in [0.4, 0.5) is 0 Å². The van der Waals surface area contributed by atoms with E-state index in [2.05, 4.69) is 13.1 Å². The third kappa shape index (κ3) is 10.9. The number of H-pyrrole nitrogens is 1. The van der Waals surface area contributed by atoms with Gasteiger partial charge in [-0.3, -0.25) is 28.0 Å². The van der Waals surface area contributed by atoms with E-state index in [1.807, 2.05) is 4.98 Å². The number of nitrogens with one attached hydrogen (secondary N) is 1. The van der Waals surface area contributed by atoms with E-state index in [1.54, 1.807) is 0 Å². The second-order valence-corrected chi connectivity index (χ2v) is 9.68. The molecule has 7 atom stereocenters. The van der Waals surface area contributed by atoms with Gasteiger partial charge in [0.25, 0.3) is 29.0 Å². The number of aromatic nitrogens is 2. The van der Waals surface area contributed by atoms with E-state index in [0.29, 0.717) is 4.57 Å². The Labute approximate surface area is 244 Å². The van der Waals surface area contributed by atoms with Crippen LogP contribution in [0.25, 0.3) is 0 Å². The predicted octanol–water partition coefficient (Wildman–Crippen LogP) is -13.4.